The van der Waals surface area contributed by atoms with E-state index >= 15 is 0 Å². The average Bonchev–Trinajstić information content (AvgIpc) is 3.51. The zero-order valence-corrected chi connectivity index (χ0v) is 17.5. The van der Waals surface area contributed by atoms with Gasteiger partial charge in [0.25, 0.3) is 5.91 Å². The Balaban J connectivity index is 1.15. The molecule has 1 saturated heterocycles. The molecule has 0 saturated carbocycles. The number of pyridine rings is 1. The van der Waals surface area contributed by atoms with E-state index in [9.17, 15) is 22.8 Å². The molecule has 1 atom stereocenters. The lowest BCUT2D eigenvalue weighted by molar-refractivity contribution is -0.274. The van der Waals surface area contributed by atoms with Crippen LogP contribution in [0.25, 0.3) is 11.2 Å². The van der Waals surface area contributed by atoms with E-state index in [1.165, 1.54) is 23.2 Å². The van der Waals surface area contributed by atoms with E-state index in [0.717, 1.165) is 17.7 Å². The first kappa shape index (κ1) is 21.7. The molecule has 3 aromatic rings. The first-order chi connectivity index (χ1) is 16.2. The van der Waals surface area contributed by atoms with Crippen molar-refractivity contribution < 1.29 is 32.2 Å². The van der Waals surface area contributed by atoms with Crippen LogP contribution in [0.3, 0.4) is 0 Å². The molecule has 0 unspecified atom stereocenters. The van der Waals surface area contributed by atoms with E-state index in [4.69, 9.17) is 4.74 Å². The SMILES string of the molecule is O=C(c1cnc2[nH]nnc2c1)N1C=C2CN(C(=O)OCc3ccc(OC(F)(F)F)cc3)C[C@@H]2C1. The molecule has 13 heteroatoms. The van der Waals surface area contributed by atoms with Gasteiger partial charge in [0.2, 0.25) is 0 Å². The van der Waals surface area contributed by atoms with Gasteiger partial charge >= 0.3 is 12.5 Å². The van der Waals surface area contributed by atoms with Crippen LogP contribution in [-0.4, -0.2) is 68.2 Å². The third-order valence-electron chi connectivity index (χ3n) is 5.54. The van der Waals surface area contributed by atoms with Gasteiger partial charge in [0.15, 0.2) is 5.65 Å². The van der Waals surface area contributed by atoms with Crippen LogP contribution >= 0.6 is 0 Å². The molecular formula is C21H17F3N6O4. The molecule has 2 aliphatic rings. The molecule has 2 amide bonds. The molecule has 0 aliphatic carbocycles. The number of halogens is 3. The van der Waals surface area contributed by atoms with Gasteiger partial charge in [-0.3, -0.25) is 4.79 Å². The van der Waals surface area contributed by atoms with Gasteiger partial charge < -0.3 is 19.3 Å². The van der Waals surface area contributed by atoms with Crippen LogP contribution in [0, 0.1) is 5.92 Å². The van der Waals surface area contributed by atoms with Crippen molar-refractivity contribution >= 4 is 23.2 Å². The Morgan fingerprint density at radius 1 is 1.18 bits per heavy atom. The Bertz CT molecular complexity index is 1270. The van der Waals surface area contributed by atoms with Gasteiger partial charge in [-0.25, -0.2) is 14.9 Å². The standard InChI is InChI=1S/C21H17F3N6O4/c22-21(23,24)34-16-3-1-12(2-4-16)11-33-20(32)30-9-14-7-29(8-15(14)10-30)19(31)13-5-17-18(25-6-13)27-28-26-17/h1-7,15H,8-11H2,(H,25,26,27,28)/t15-/m0/s1. The van der Waals surface area contributed by atoms with E-state index in [1.54, 1.807) is 17.2 Å². The number of hydrogen-bond acceptors (Lipinski definition) is 7. The lowest BCUT2D eigenvalue weighted by Crippen LogP contribution is -2.33. The zero-order valence-electron chi connectivity index (χ0n) is 17.5. The van der Waals surface area contributed by atoms with E-state index in [2.05, 4.69) is 25.1 Å². The van der Waals surface area contributed by atoms with E-state index in [0.29, 0.717) is 41.9 Å². The number of alkyl halides is 3. The number of ether oxygens (including phenoxy) is 2. The molecule has 0 spiro atoms. The van der Waals surface area contributed by atoms with Crippen molar-refractivity contribution in [2.24, 2.45) is 5.92 Å². The molecule has 1 N–H and O–H groups in total. The summed E-state index contributed by atoms with van der Waals surface area (Å²) in [6.07, 6.45) is -2.10. The molecule has 1 aromatic carbocycles. The van der Waals surface area contributed by atoms with Crippen molar-refractivity contribution in [3.8, 4) is 5.75 Å². The summed E-state index contributed by atoms with van der Waals surface area (Å²) < 4.78 is 45.8. The molecule has 0 radical (unpaired) electrons. The van der Waals surface area contributed by atoms with Crippen LogP contribution in [0.5, 0.6) is 5.75 Å². The predicted molar refractivity (Wildman–Crippen MR) is 109 cm³/mol. The maximum atomic E-state index is 12.8. The fourth-order valence-electron chi connectivity index (χ4n) is 3.94. The summed E-state index contributed by atoms with van der Waals surface area (Å²) in [5.74, 6) is -0.567. The Morgan fingerprint density at radius 3 is 2.71 bits per heavy atom. The van der Waals surface area contributed by atoms with Gasteiger partial charge in [-0.2, -0.15) is 0 Å². The number of aromatic nitrogens is 4. The minimum atomic E-state index is -4.77. The summed E-state index contributed by atoms with van der Waals surface area (Å²) in [7, 11) is 0. The van der Waals surface area contributed by atoms with Crippen molar-refractivity contribution in [1.82, 2.24) is 30.2 Å². The molecule has 5 rings (SSSR count). The Hall–Kier alpha value is -4.16. The number of carbonyl (C=O) groups excluding carboxylic acids is 2. The topological polar surface area (TPSA) is 114 Å². The fourth-order valence-corrected chi connectivity index (χ4v) is 3.94. The molecule has 4 heterocycles. The largest absolute Gasteiger partial charge is 0.573 e. The maximum Gasteiger partial charge on any atom is 0.573 e. The third-order valence-corrected chi connectivity index (χ3v) is 5.54. The van der Waals surface area contributed by atoms with Gasteiger partial charge in [0.05, 0.1) is 5.56 Å². The highest BCUT2D eigenvalue weighted by Gasteiger charge is 2.38. The second kappa shape index (κ2) is 8.32. The quantitative estimate of drug-likeness (QED) is 0.619. The number of benzene rings is 1. The monoisotopic (exact) mass is 474 g/mol. The zero-order chi connectivity index (χ0) is 23.9. The molecule has 1 fully saturated rings. The predicted octanol–water partition coefficient (Wildman–Crippen LogP) is 2.86. The first-order valence-electron chi connectivity index (χ1n) is 10.2. The summed E-state index contributed by atoms with van der Waals surface area (Å²) in [5.41, 5.74) is 2.84. The Morgan fingerprint density at radius 2 is 1.97 bits per heavy atom. The number of likely N-dealkylation sites (tertiary alicyclic amines) is 1. The van der Waals surface area contributed by atoms with Crippen molar-refractivity contribution in [1.29, 1.82) is 0 Å². The number of fused-ring (bicyclic) bond motifs is 2. The highest BCUT2D eigenvalue weighted by molar-refractivity contribution is 5.97. The van der Waals surface area contributed by atoms with Gasteiger partial charge in [-0.15, -0.1) is 18.3 Å². The molecule has 34 heavy (non-hydrogen) atoms. The smallest absolute Gasteiger partial charge is 0.445 e. The van der Waals surface area contributed by atoms with Gasteiger partial charge in [0.1, 0.15) is 17.9 Å². The number of rotatable bonds is 4. The van der Waals surface area contributed by atoms with Crippen molar-refractivity contribution in [2.75, 3.05) is 19.6 Å². The minimum Gasteiger partial charge on any atom is -0.445 e. The lowest BCUT2D eigenvalue weighted by Gasteiger charge is -2.19. The van der Waals surface area contributed by atoms with Crippen LogP contribution in [-0.2, 0) is 11.3 Å². The Kier molecular flexibility index (Phi) is 5.30. The summed E-state index contributed by atoms with van der Waals surface area (Å²) in [6.45, 7) is 1.06. The first-order valence-corrected chi connectivity index (χ1v) is 10.2. The second-order valence-electron chi connectivity index (χ2n) is 7.89. The van der Waals surface area contributed by atoms with Gasteiger partial charge in [-0.05, 0) is 29.3 Å². The second-order valence-corrected chi connectivity index (χ2v) is 7.89. The fraction of sp³-hybridized carbons (Fsp3) is 0.286. The number of amides is 2. The molecular weight excluding hydrogens is 457 g/mol. The number of nitrogens with one attached hydrogen (secondary N) is 1. The number of hydrogen-bond donors (Lipinski definition) is 1. The minimum absolute atomic E-state index is 0.000888. The van der Waals surface area contributed by atoms with Gasteiger partial charge in [0, 0.05) is 37.9 Å². The van der Waals surface area contributed by atoms with Crippen molar-refractivity contribution in [3.05, 3.63) is 59.4 Å². The van der Waals surface area contributed by atoms with Crippen LogP contribution in [0.15, 0.2) is 48.3 Å². The summed E-state index contributed by atoms with van der Waals surface area (Å²) in [5, 5.41) is 10.1. The number of carbonyl (C=O) groups is 2. The molecule has 2 aromatic heterocycles. The Labute approximate surface area is 189 Å². The summed E-state index contributed by atoms with van der Waals surface area (Å²) in [6, 6.07) is 6.72. The number of H-pyrrole nitrogens is 1. The van der Waals surface area contributed by atoms with Crippen molar-refractivity contribution in [3.63, 3.8) is 0 Å². The average molecular weight is 474 g/mol. The number of aromatic amines is 1. The highest BCUT2D eigenvalue weighted by Crippen LogP contribution is 2.31. The summed E-state index contributed by atoms with van der Waals surface area (Å²) >= 11 is 0. The number of nitrogens with zero attached hydrogens (tertiary/aromatic N) is 5. The molecule has 176 valence electrons. The van der Waals surface area contributed by atoms with Gasteiger partial charge in [-0.1, -0.05) is 17.3 Å². The van der Waals surface area contributed by atoms with E-state index < -0.39 is 12.5 Å². The molecule has 0 bridgehead atoms. The van der Waals surface area contributed by atoms with Crippen LogP contribution in [0.4, 0.5) is 18.0 Å². The van der Waals surface area contributed by atoms with Crippen LogP contribution in [0.2, 0.25) is 0 Å². The van der Waals surface area contributed by atoms with Crippen LogP contribution in [0.1, 0.15) is 15.9 Å². The normalized spacial score (nSPS) is 17.6. The highest BCUT2D eigenvalue weighted by atomic mass is 19.4. The maximum absolute atomic E-state index is 12.8. The van der Waals surface area contributed by atoms with Crippen molar-refractivity contribution in [2.45, 2.75) is 13.0 Å². The van der Waals surface area contributed by atoms with E-state index in [1.807, 2.05) is 0 Å². The van der Waals surface area contributed by atoms with E-state index in [-0.39, 0.29) is 24.2 Å². The molecule has 2 aliphatic heterocycles. The van der Waals surface area contributed by atoms with Crippen LogP contribution < -0.4 is 4.74 Å². The summed E-state index contributed by atoms with van der Waals surface area (Å²) in [4.78, 5) is 32.5. The third kappa shape index (κ3) is 4.49. The molecule has 10 nitrogen and oxygen atoms in total. The lowest BCUT2D eigenvalue weighted by atomic mass is 10.1.